The monoisotopic (exact) mass is 343 g/mol. The highest BCUT2D eigenvalue weighted by molar-refractivity contribution is 9.10. The Morgan fingerprint density at radius 1 is 1.05 bits per heavy atom. The van der Waals surface area contributed by atoms with Gasteiger partial charge in [-0.2, -0.15) is 13.2 Å². The maximum Gasteiger partial charge on any atom is 0.416 e. The fourth-order valence-corrected chi connectivity index (χ4v) is 2.67. The largest absolute Gasteiger partial charge is 0.416 e. The third-order valence-corrected chi connectivity index (χ3v) is 3.45. The fourth-order valence-electron chi connectivity index (χ4n) is 2.05. The summed E-state index contributed by atoms with van der Waals surface area (Å²) in [4.78, 5) is 0. The minimum Gasteiger partial charge on any atom is -0.320 e. The molecule has 2 aromatic rings. The average molecular weight is 344 g/mol. The van der Waals surface area contributed by atoms with E-state index >= 15 is 0 Å². The van der Waals surface area contributed by atoms with Crippen LogP contribution in [0.15, 0.2) is 46.9 Å². The molecule has 2 N–H and O–H groups in total. The summed E-state index contributed by atoms with van der Waals surface area (Å²) < 4.78 is 39.0. The highest BCUT2D eigenvalue weighted by Gasteiger charge is 2.30. The van der Waals surface area contributed by atoms with Crippen LogP contribution in [0, 0.1) is 6.92 Å². The summed E-state index contributed by atoms with van der Waals surface area (Å²) in [5.41, 5.74) is 7.61. The van der Waals surface area contributed by atoms with Crippen molar-refractivity contribution in [3.63, 3.8) is 0 Å². The number of rotatable bonds is 2. The summed E-state index contributed by atoms with van der Waals surface area (Å²) in [7, 11) is 0. The SMILES string of the molecule is Cc1cc(Br)cc(C(N)c2cccc(C(F)(F)F)c2)c1. The predicted octanol–water partition coefficient (Wildman–Crippen LogP) is 4.82. The third kappa shape index (κ3) is 3.41. The minimum absolute atomic E-state index is 0.442. The van der Waals surface area contributed by atoms with Crippen molar-refractivity contribution in [1.82, 2.24) is 0 Å². The van der Waals surface area contributed by atoms with Crippen LogP contribution in [0.3, 0.4) is 0 Å². The first-order valence-corrected chi connectivity index (χ1v) is 6.76. The van der Waals surface area contributed by atoms with Gasteiger partial charge in [-0.25, -0.2) is 0 Å². The molecule has 2 aromatic carbocycles. The molecule has 20 heavy (non-hydrogen) atoms. The number of nitrogens with two attached hydrogens (primary N) is 1. The zero-order chi connectivity index (χ0) is 14.9. The number of aryl methyl sites for hydroxylation is 1. The van der Waals surface area contributed by atoms with Crippen molar-refractivity contribution in [3.05, 3.63) is 69.2 Å². The number of alkyl halides is 3. The molecule has 0 amide bonds. The minimum atomic E-state index is -4.36. The molecule has 5 heteroatoms. The molecule has 0 aliphatic carbocycles. The van der Waals surface area contributed by atoms with Gasteiger partial charge in [0.2, 0.25) is 0 Å². The van der Waals surface area contributed by atoms with Gasteiger partial charge in [0.15, 0.2) is 0 Å². The van der Waals surface area contributed by atoms with Crippen molar-refractivity contribution in [2.24, 2.45) is 5.73 Å². The highest BCUT2D eigenvalue weighted by Crippen LogP contribution is 2.32. The van der Waals surface area contributed by atoms with Crippen LogP contribution in [-0.4, -0.2) is 0 Å². The van der Waals surface area contributed by atoms with Gasteiger partial charge in [-0.05, 0) is 47.9 Å². The molecule has 0 radical (unpaired) electrons. The second-order valence-corrected chi connectivity index (χ2v) is 5.58. The molecular formula is C15H13BrF3N. The van der Waals surface area contributed by atoms with E-state index in [0.29, 0.717) is 5.56 Å². The molecule has 1 nitrogen and oxygen atoms in total. The maximum absolute atomic E-state index is 12.7. The number of halogens is 4. The molecule has 0 saturated carbocycles. The van der Waals surface area contributed by atoms with E-state index in [4.69, 9.17) is 5.73 Å². The van der Waals surface area contributed by atoms with Crippen molar-refractivity contribution in [2.45, 2.75) is 19.1 Å². The van der Waals surface area contributed by atoms with Crippen LogP contribution in [-0.2, 0) is 6.18 Å². The fraction of sp³-hybridized carbons (Fsp3) is 0.200. The molecule has 0 bridgehead atoms. The molecule has 1 atom stereocenters. The molecular weight excluding hydrogens is 331 g/mol. The molecule has 0 aliphatic heterocycles. The van der Waals surface area contributed by atoms with Gasteiger partial charge in [-0.3, -0.25) is 0 Å². The van der Waals surface area contributed by atoms with Crippen LogP contribution in [0.25, 0.3) is 0 Å². The number of hydrogen-bond donors (Lipinski definition) is 1. The lowest BCUT2D eigenvalue weighted by atomic mass is 9.97. The zero-order valence-corrected chi connectivity index (χ0v) is 12.3. The van der Waals surface area contributed by atoms with Crippen molar-refractivity contribution in [1.29, 1.82) is 0 Å². The Labute approximate surface area is 123 Å². The third-order valence-electron chi connectivity index (χ3n) is 3.00. The van der Waals surface area contributed by atoms with Gasteiger partial charge in [-0.1, -0.05) is 34.1 Å². The van der Waals surface area contributed by atoms with Gasteiger partial charge < -0.3 is 5.73 Å². The molecule has 0 aromatic heterocycles. The molecule has 0 saturated heterocycles. The van der Waals surface area contributed by atoms with Crippen molar-refractivity contribution < 1.29 is 13.2 Å². The summed E-state index contributed by atoms with van der Waals surface area (Å²) in [5.74, 6) is 0. The second kappa shape index (κ2) is 5.58. The highest BCUT2D eigenvalue weighted by atomic mass is 79.9. The molecule has 0 heterocycles. The topological polar surface area (TPSA) is 26.0 Å². The number of benzene rings is 2. The van der Waals surface area contributed by atoms with Gasteiger partial charge >= 0.3 is 6.18 Å². The molecule has 2 rings (SSSR count). The van der Waals surface area contributed by atoms with Gasteiger partial charge in [0.25, 0.3) is 0 Å². The van der Waals surface area contributed by atoms with Crippen LogP contribution >= 0.6 is 15.9 Å². The van der Waals surface area contributed by atoms with E-state index < -0.39 is 17.8 Å². The Morgan fingerprint density at radius 2 is 1.75 bits per heavy atom. The zero-order valence-electron chi connectivity index (χ0n) is 10.7. The average Bonchev–Trinajstić information content (AvgIpc) is 2.36. The van der Waals surface area contributed by atoms with E-state index in [-0.39, 0.29) is 0 Å². The Balaban J connectivity index is 2.40. The molecule has 0 spiro atoms. The van der Waals surface area contributed by atoms with Crippen molar-refractivity contribution >= 4 is 15.9 Å². The molecule has 0 aliphatic rings. The summed E-state index contributed by atoms with van der Waals surface area (Å²) in [6.07, 6.45) is -4.36. The normalized spacial score (nSPS) is 13.3. The van der Waals surface area contributed by atoms with E-state index in [1.165, 1.54) is 6.07 Å². The Morgan fingerprint density at radius 3 is 2.35 bits per heavy atom. The van der Waals surface area contributed by atoms with Crippen molar-refractivity contribution in [3.8, 4) is 0 Å². The van der Waals surface area contributed by atoms with Crippen LogP contribution in [0.1, 0.15) is 28.3 Å². The first kappa shape index (κ1) is 15.1. The Kier molecular flexibility index (Phi) is 4.20. The second-order valence-electron chi connectivity index (χ2n) is 4.66. The predicted molar refractivity (Wildman–Crippen MR) is 76.4 cm³/mol. The van der Waals surface area contributed by atoms with E-state index in [1.807, 2.05) is 25.1 Å². The molecule has 0 fully saturated rings. The summed E-state index contributed by atoms with van der Waals surface area (Å²) in [6.45, 7) is 1.91. The lowest BCUT2D eigenvalue weighted by molar-refractivity contribution is -0.137. The van der Waals surface area contributed by atoms with Gasteiger partial charge in [0.05, 0.1) is 11.6 Å². The van der Waals surface area contributed by atoms with E-state index in [0.717, 1.165) is 27.7 Å². The van der Waals surface area contributed by atoms with Gasteiger partial charge in [-0.15, -0.1) is 0 Å². The number of hydrogen-bond acceptors (Lipinski definition) is 1. The standard InChI is InChI=1S/C15H13BrF3N/c1-9-5-11(8-13(16)6-9)14(20)10-3-2-4-12(7-10)15(17,18)19/h2-8,14H,20H2,1H3. The van der Waals surface area contributed by atoms with Gasteiger partial charge in [0.1, 0.15) is 0 Å². The Hall–Kier alpha value is -1.33. The first-order valence-electron chi connectivity index (χ1n) is 5.97. The summed E-state index contributed by atoms with van der Waals surface area (Å²) >= 11 is 3.36. The van der Waals surface area contributed by atoms with Crippen LogP contribution in [0.5, 0.6) is 0 Å². The molecule has 106 valence electrons. The lowest BCUT2D eigenvalue weighted by Crippen LogP contribution is -2.14. The van der Waals surface area contributed by atoms with Crippen LogP contribution in [0.4, 0.5) is 13.2 Å². The quantitative estimate of drug-likeness (QED) is 0.830. The van der Waals surface area contributed by atoms with Crippen LogP contribution < -0.4 is 5.73 Å². The van der Waals surface area contributed by atoms with E-state index in [9.17, 15) is 13.2 Å². The summed E-state index contributed by atoms with van der Waals surface area (Å²) in [5, 5.41) is 0. The van der Waals surface area contributed by atoms with Crippen LogP contribution in [0.2, 0.25) is 0 Å². The lowest BCUT2D eigenvalue weighted by Gasteiger charge is -2.16. The van der Waals surface area contributed by atoms with Gasteiger partial charge in [0, 0.05) is 4.47 Å². The molecule has 1 unspecified atom stereocenters. The Bertz CT molecular complexity index is 603. The maximum atomic E-state index is 12.7. The summed E-state index contributed by atoms with van der Waals surface area (Å²) in [6, 6.07) is 10.1. The van der Waals surface area contributed by atoms with E-state index in [1.54, 1.807) is 6.07 Å². The smallest absolute Gasteiger partial charge is 0.320 e. The van der Waals surface area contributed by atoms with Crippen molar-refractivity contribution in [2.75, 3.05) is 0 Å². The van der Waals surface area contributed by atoms with E-state index in [2.05, 4.69) is 15.9 Å². The first-order chi connectivity index (χ1) is 9.27.